The van der Waals surface area contributed by atoms with Gasteiger partial charge in [-0.2, -0.15) is 0 Å². The van der Waals surface area contributed by atoms with E-state index < -0.39 is 0 Å². The van der Waals surface area contributed by atoms with E-state index in [1.54, 1.807) is 11.3 Å². The van der Waals surface area contributed by atoms with Crippen LogP contribution in [0.1, 0.15) is 10.6 Å². The van der Waals surface area contributed by atoms with Crippen LogP contribution in [0.25, 0.3) is 10.2 Å². The molecule has 3 aromatic rings. The molecule has 1 aromatic heterocycles. The zero-order valence-electron chi connectivity index (χ0n) is 14.0. The molecule has 0 bridgehead atoms. The summed E-state index contributed by atoms with van der Waals surface area (Å²) in [6.07, 6.45) is 0.796. The van der Waals surface area contributed by atoms with Crippen LogP contribution < -0.4 is 5.32 Å². The van der Waals surface area contributed by atoms with E-state index >= 15 is 0 Å². The van der Waals surface area contributed by atoms with Crippen molar-refractivity contribution in [1.82, 2.24) is 15.2 Å². The number of amides is 1. The number of fused-ring (bicyclic) bond motifs is 1. The molecule has 0 spiro atoms. The molecule has 0 aliphatic heterocycles. The van der Waals surface area contributed by atoms with Gasteiger partial charge in [0, 0.05) is 11.6 Å². The molecule has 1 amide bonds. The second-order valence-corrected chi connectivity index (χ2v) is 7.53. The molecule has 0 saturated carbocycles. The molecular weight excluding hydrogens is 354 g/mol. The van der Waals surface area contributed by atoms with Crippen LogP contribution in [-0.4, -0.2) is 35.9 Å². The maximum atomic E-state index is 12.1. The lowest BCUT2D eigenvalue weighted by Gasteiger charge is -2.14. The van der Waals surface area contributed by atoms with Gasteiger partial charge in [0.1, 0.15) is 5.01 Å². The van der Waals surface area contributed by atoms with Gasteiger partial charge >= 0.3 is 0 Å². The summed E-state index contributed by atoms with van der Waals surface area (Å²) in [5.41, 5.74) is 2.18. The number of thiazole rings is 1. The van der Waals surface area contributed by atoms with Crippen molar-refractivity contribution in [2.24, 2.45) is 0 Å². The first-order chi connectivity index (χ1) is 12.1. The van der Waals surface area contributed by atoms with Crippen LogP contribution in [0.2, 0.25) is 5.02 Å². The van der Waals surface area contributed by atoms with E-state index in [-0.39, 0.29) is 5.91 Å². The molecule has 0 fully saturated rings. The van der Waals surface area contributed by atoms with Crippen LogP contribution in [0.5, 0.6) is 0 Å². The predicted octanol–water partition coefficient (Wildman–Crippen LogP) is 3.74. The van der Waals surface area contributed by atoms with Crippen LogP contribution >= 0.6 is 22.9 Å². The number of para-hydroxylation sites is 1. The van der Waals surface area contributed by atoms with Crippen LogP contribution in [0.3, 0.4) is 0 Å². The quantitative estimate of drug-likeness (QED) is 0.686. The van der Waals surface area contributed by atoms with Crippen molar-refractivity contribution in [2.45, 2.75) is 13.0 Å². The Kier molecular flexibility index (Phi) is 6.02. The van der Waals surface area contributed by atoms with E-state index in [2.05, 4.69) is 16.4 Å². The number of carbonyl (C=O) groups excluding carboxylic acids is 1. The predicted molar refractivity (Wildman–Crippen MR) is 104 cm³/mol. The lowest BCUT2D eigenvalue weighted by atomic mass is 10.1. The topological polar surface area (TPSA) is 45.2 Å². The van der Waals surface area contributed by atoms with Gasteiger partial charge in [0.15, 0.2) is 0 Å². The van der Waals surface area contributed by atoms with Crippen molar-refractivity contribution < 1.29 is 4.79 Å². The zero-order valence-corrected chi connectivity index (χ0v) is 15.6. The van der Waals surface area contributed by atoms with Crippen LogP contribution in [0.4, 0.5) is 0 Å². The third-order valence-electron chi connectivity index (χ3n) is 3.81. The van der Waals surface area contributed by atoms with Gasteiger partial charge in [-0.15, -0.1) is 11.3 Å². The Morgan fingerprint density at radius 1 is 1.20 bits per heavy atom. The minimum atomic E-state index is 0.0255. The normalized spacial score (nSPS) is 11.2. The van der Waals surface area contributed by atoms with Crippen molar-refractivity contribution in [1.29, 1.82) is 0 Å². The average molecular weight is 374 g/mol. The van der Waals surface area contributed by atoms with Crippen molar-refractivity contribution in [3.05, 3.63) is 64.1 Å². The highest BCUT2D eigenvalue weighted by Crippen LogP contribution is 2.22. The smallest absolute Gasteiger partial charge is 0.234 e. The molecular formula is C19H20ClN3OS. The molecule has 0 aliphatic carbocycles. The summed E-state index contributed by atoms with van der Waals surface area (Å²) in [5, 5.41) is 4.71. The van der Waals surface area contributed by atoms with Gasteiger partial charge in [-0.05, 0) is 43.3 Å². The number of benzene rings is 2. The first-order valence-corrected chi connectivity index (χ1v) is 9.34. The SMILES string of the molecule is CN(CC(=O)NCCc1ccc(Cl)cc1)Cc1nc2ccccc2s1. The number of nitrogens with one attached hydrogen (secondary N) is 1. The van der Waals surface area contributed by atoms with Gasteiger partial charge in [-0.25, -0.2) is 4.98 Å². The molecule has 1 heterocycles. The first kappa shape index (κ1) is 17.9. The van der Waals surface area contributed by atoms with E-state index in [0.29, 0.717) is 19.6 Å². The Balaban J connectivity index is 1.43. The molecule has 2 aromatic carbocycles. The third kappa shape index (κ3) is 5.26. The zero-order chi connectivity index (χ0) is 17.6. The molecule has 25 heavy (non-hydrogen) atoms. The molecule has 0 radical (unpaired) electrons. The fourth-order valence-corrected chi connectivity index (χ4v) is 3.75. The first-order valence-electron chi connectivity index (χ1n) is 8.14. The van der Waals surface area contributed by atoms with E-state index in [4.69, 9.17) is 11.6 Å². The molecule has 3 rings (SSSR count). The minimum Gasteiger partial charge on any atom is -0.355 e. The molecule has 0 atom stereocenters. The molecule has 0 aliphatic rings. The summed E-state index contributed by atoms with van der Waals surface area (Å²) in [5.74, 6) is 0.0255. The van der Waals surface area contributed by atoms with Crippen molar-refractivity contribution in [2.75, 3.05) is 20.1 Å². The minimum absolute atomic E-state index is 0.0255. The molecule has 130 valence electrons. The Morgan fingerprint density at radius 2 is 1.96 bits per heavy atom. The molecule has 0 saturated heterocycles. The van der Waals surface area contributed by atoms with E-state index in [1.807, 2.05) is 54.4 Å². The molecule has 1 N–H and O–H groups in total. The number of carbonyl (C=O) groups is 1. The Labute approximate surface area is 156 Å². The van der Waals surface area contributed by atoms with Gasteiger partial charge < -0.3 is 5.32 Å². The highest BCUT2D eigenvalue weighted by atomic mass is 35.5. The second kappa shape index (κ2) is 8.43. The van der Waals surface area contributed by atoms with Gasteiger partial charge in [0.2, 0.25) is 5.91 Å². The number of hydrogen-bond acceptors (Lipinski definition) is 4. The highest BCUT2D eigenvalue weighted by molar-refractivity contribution is 7.18. The highest BCUT2D eigenvalue weighted by Gasteiger charge is 2.10. The second-order valence-electron chi connectivity index (χ2n) is 5.97. The van der Waals surface area contributed by atoms with Gasteiger partial charge in [0.25, 0.3) is 0 Å². The van der Waals surface area contributed by atoms with Crippen LogP contribution in [-0.2, 0) is 17.8 Å². The molecule has 6 heteroatoms. The maximum Gasteiger partial charge on any atom is 0.234 e. The maximum absolute atomic E-state index is 12.1. The summed E-state index contributed by atoms with van der Waals surface area (Å²) in [6.45, 7) is 1.65. The van der Waals surface area contributed by atoms with Crippen LogP contribution in [0, 0.1) is 0 Å². The number of halogens is 1. The summed E-state index contributed by atoms with van der Waals surface area (Å²) in [4.78, 5) is 18.7. The number of hydrogen-bond donors (Lipinski definition) is 1. The Morgan fingerprint density at radius 3 is 2.72 bits per heavy atom. The lowest BCUT2D eigenvalue weighted by Crippen LogP contribution is -2.35. The molecule has 4 nitrogen and oxygen atoms in total. The Bertz CT molecular complexity index is 814. The average Bonchev–Trinajstić information content (AvgIpc) is 2.98. The monoisotopic (exact) mass is 373 g/mol. The summed E-state index contributed by atoms with van der Waals surface area (Å²) in [7, 11) is 1.94. The largest absolute Gasteiger partial charge is 0.355 e. The van der Waals surface area contributed by atoms with E-state index in [9.17, 15) is 4.79 Å². The number of nitrogens with zero attached hydrogens (tertiary/aromatic N) is 2. The van der Waals surface area contributed by atoms with E-state index in [0.717, 1.165) is 27.5 Å². The summed E-state index contributed by atoms with van der Waals surface area (Å²) >= 11 is 7.54. The number of rotatable bonds is 7. The van der Waals surface area contributed by atoms with Crippen molar-refractivity contribution >= 4 is 39.1 Å². The number of aromatic nitrogens is 1. The fraction of sp³-hybridized carbons (Fsp3) is 0.263. The van der Waals surface area contributed by atoms with Crippen LogP contribution in [0.15, 0.2) is 48.5 Å². The van der Waals surface area contributed by atoms with Crippen molar-refractivity contribution in [3.63, 3.8) is 0 Å². The Hall–Kier alpha value is -1.95. The van der Waals surface area contributed by atoms with Crippen molar-refractivity contribution in [3.8, 4) is 0 Å². The fourth-order valence-electron chi connectivity index (χ4n) is 2.57. The third-order valence-corrected chi connectivity index (χ3v) is 5.08. The summed E-state index contributed by atoms with van der Waals surface area (Å²) < 4.78 is 1.18. The van der Waals surface area contributed by atoms with Gasteiger partial charge in [0.05, 0.1) is 23.3 Å². The standard InChI is InChI=1S/C19H20ClN3OS/c1-23(13-19-22-16-4-2-3-5-17(16)25-19)12-18(24)21-11-10-14-6-8-15(20)9-7-14/h2-9H,10-13H2,1H3,(H,21,24). The van der Waals surface area contributed by atoms with Gasteiger partial charge in [-0.3, -0.25) is 9.69 Å². The van der Waals surface area contributed by atoms with E-state index in [1.165, 1.54) is 4.70 Å². The molecule has 0 unspecified atom stereocenters. The lowest BCUT2D eigenvalue weighted by molar-refractivity contribution is -0.122. The summed E-state index contributed by atoms with van der Waals surface area (Å²) in [6, 6.07) is 15.8. The van der Waals surface area contributed by atoms with Gasteiger partial charge in [-0.1, -0.05) is 35.9 Å². The number of likely N-dealkylation sites (N-methyl/N-ethyl adjacent to an activating group) is 1.